The molecule has 0 saturated carbocycles. The first-order valence-electron chi connectivity index (χ1n) is 7.49. The van der Waals surface area contributed by atoms with E-state index in [1.54, 1.807) is 0 Å². The van der Waals surface area contributed by atoms with E-state index in [-0.39, 0.29) is 29.8 Å². The molecule has 3 heterocycles. The van der Waals surface area contributed by atoms with E-state index in [0.717, 1.165) is 35.3 Å². The van der Waals surface area contributed by atoms with Gasteiger partial charge >= 0.3 is 0 Å². The summed E-state index contributed by atoms with van der Waals surface area (Å²) in [5.74, 6) is -1.85. The quantitative estimate of drug-likeness (QED) is 0.471. The third-order valence-electron chi connectivity index (χ3n) is 3.33. The van der Waals surface area contributed by atoms with Crippen molar-refractivity contribution in [2.75, 3.05) is 5.32 Å². The number of rotatable bonds is 5. The van der Waals surface area contributed by atoms with E-state index in [1.165, 1.54) is 24.7 Å². The summed E-state index contributed by atoms with van der Waals surface area (Å²) in [4.78, 5) is 19.9. The number of hydrogen-bond donors (Lipinski definition) is 3. The van der Waals surface area contributed by atoms with Crippen LogP contribution in [0.2, 0.25) is 0 Å². The maximum Gasteiger partial charge on any atom is 0.260 e. The highest BCUT2D eigenvalue weighted by molar-refractivity contribution is 6.03. The van der Waals surface area contributed by atoms with Gasteiger partial charge in [-0.2, -0.15) is 0 Å². The Hall–Kier alpha value is -3.95. The van der Waals surface area contributed by atoms with Crippen molar-refractivity contribution in [1.82, 2.24) is 14.5 Å². The Morgan fingerprint density at radius 1 is 1.22 bits per heavy atom. The van der Waals surface area contributed by atoms with Crippen molar-refractivity contribution in [1.29, 1.82) is 10.8 Å². The van der Waals surface area contributed by atoms with Crippen LogP contribution in [0.4, 0.5) is 14.6 Å². The van der Waals surface area contributed by atoms with E-state index < -0.39 is 17.5 Å². The summed E-state index contributed by atoms with van der Waals surface area (Å²) < 4.78 is 33.0. The molecule has 0 aliphatic carbocycles. The van der Waals surface area contributed by atoms with Crippen LogP contribution < -0.4 is 15.5 Å². The van der Waals surface area contributed by atoms with Gasteiger partial charge in [0.25, 0.3) is 5.91 Å². The van der Waals surface area contributed by atoms with Crippen LogP contribution in [0.5, 0.6) is 11.5 Å². The lowest BCUT2D eigenvalue weighted by Gasteiger charge is -2.11. The number of ether oxygens (including phenoxy) is 1. The molecule has 8 nitrogen and oxygen atoms in total. The van der Waals surface area contributed by atoms with Gasteiger partial charge in [-0.3, -0.25) is 25.2 Å². The number of hydrogen-bond acceptors (Lipinski definition) is 6. The van der Waals surface area contributed by atoms with Crippen molar-refractivity contribution in [2.45, 2.75) is 0 Å². The fourth-order valence-corrected chi connectivity index (χ4v) is 2.16. The minimum Gasteiger partial charge on any atom is -0.454 e. The second-order valence-electron chi connectivity index (χ2n) is 5.23. The number of nitrogens with zero attached hydrogens (tertiary/aromatic N) is 3. The van der Waals surface area contributed by atoms with Crippen LogP contribution >= 0.6 is 0 Å². The Bertz CT molecular complexity index is 1090. The summed E-state index contributed by atoms with van der Waals surface area (Å²) >= 11 is 0. The van der Waals surface area contributed by atoms with Crippen LogP contribution in [-0.2, 0) is 0 Å². The van der Waals surface area contributed by atoms with Crippen molar-refractivity contribution in [2.24, 2.45) is 0 Å². The van der Waals surface area contributed by atoms with Crippen LogP contribution in [-0.4, -0.2) is 26.8 Å². The molecule has 3 aromatic heterocycles. The first-order chi connectivity index (χ1) is 13.0. The van der Waals surface area contributed by atoms with E-state index in [0.29, 0.717) is 0 Å². The molecule has 0 atom stereocenters. The van der Waals surface area contributed by atoms with Gasteiger partial charge in [0.1, 0.15) is 34.4 Å². The van der Waals surface area contributed by atoms with Crippen molar-refractivity contribution < 1.29 is 19.7 Å². The fraction of sp³-hybridized carbons (Fsp3) is 0. The molecule has 0 spiro atoms. The van der Waals surface area contributed by atoms with Gasteiger partial charge in [-0.25, -0.2) is 13.8 Å². The number of amides is 1. The molecule has 3 N–H and O–H groups in total. The highest BCUT2D eigenvalue weighted by Gasteiger charge is 2.14. The highest BCUT2D eigenvalue weighted by atomic mass is 19.1. The summed E-state index contributed by atoms with van der Waals surface area (Å²) in [7, 11) is 0. The molecule has 10 heteroatoms. The first kappa shape index (κ1) is 17.9. The monoisotopic (exact) mass is 372 g/mol. The number of carbonyl (C=O) groups is 1. The topological polar surface area (TPSA) is 117 Å². The lowest BCUT2D eigenvalue weighted by molar-refractivity contribution is 0.102. The Morgan fingerprint density at radius 2 is 2.04 bits per heavy atom. The predicted molar refractivity (Wildman–Crippen MR) is 93.0 cm³/mol. The number of anilines is 1. The number of pyridine rings is 3. The molecule has 1 amide bonds. The molecule has 0 bridgehead atoms. The Labute approximate surface area is 152 Å². The average Bonchev–Trinajstić information content (AvgIpc) is 2.63. The Morgan fingerprint density at radius 3 is 2.74 bits per heavy atom. The molecule has 0 radical (unpaired) electrons. The van der Waals surface area contributed by atoms with E-state index in [4.69, 9.17) is 15.6 Å². The molecule has 3 aromatic rings. The van der Waals surface area contributed by atoms with Gasteiger partial charge in [-0.15, -0.1) is 0 Å². The van der Waals surface area contributed by atoms with Gasteiger partial charge < -0.3 is 10.1 Å². The van der Waals surface area contributed by atoms with Crippen LogP contribution in [0.3, 0.4) is 0 Å². The number of carbonyl (C=O) groups excluding carboxylic acids is 1. The summed E-state index contributed by atoms with van der Waals surface area (Å²) in [5, 5.41) is 17.8. The van der Waals surface area contributed by atoms with Crippen molar-refractivity contribution in [3.63, 3.8) is 0 Å². The van der Waals surface area contributed by atoms with Crippen molar-refractivity contribution in [3.8, 4) is 11.5 Å². The first-order valence-corrected chi connectivity index (χ1v) is 7.49. The van der Waals surface area contributed by atoms with Crippen molar-refractivity contribution in [3.05, 3.63) is 71.7 Å². The second-order valence-corrected chi connectivity index (χ2v) is 5.23. The molecule has 0 aliphatic heterocycles. The molecular formula is C17H14F2N6O2. The van der Waals surface area contributed by atoms with E-state index in [2.05, 4.69) is 15.3 Å². The fourth-order valence-electron chi connectivity index (χ4n) is 2.16. The SMILES string of the molecule is N=Cn1cc(Oc2cncc(F)c2)cc(C(=O)Nc2cc(F)ccn2)c1=N.[HH]. The van der Waals surface area contributed by atoms with E-state index in [1.807, 2.05) is 0 Å². The summed E-state index contributed by atoms with van der Waals surface area (Å²) in [6, 6.07) is 4.47. The maximum absolute atomic E-state index is 13.2. The van der Waals surface area contributed by atoms with Gasteiger partial charge in [0.05, 0.1) is 30.5 Å². The van der Waals surface area contributed by atoms with Crippen LogP contribution in [0.15, 0.2) is 49.1 Å². The third-order valence-corrected chi connectivity index (χ3v) is 3.33. The minimum absolute atomic E-state index is 0. The zero-order valence-corrected chi connectivity index (χ0v) is 13.6. The van der Waals surface area contributed by atoms with Crippen LogP contribution in [0, 0.1) is 22.5 Å². The second kappa shape index (κ2) is 7.52. The van der Waals surface area contributed by atoms with Gasteiger partial charge in [0.15, 0.2) is 0 Å². The zero-order valence-electron chi connectivity index (χ0n) is 13.6. The molecule has 0 aliphatic rings. The summed E-state index contributed by atoms with van der Waals surface area (Å²) in [6.45, 7) is 0. The molecule has 27 heavy (non-hydrogen) atoms. The third kappa shape index (κ3) is 4.18. The normalized spacial score (nSPS) is 10.3. The van der Waals surface area contributed by atoms with Gasteiger partial charge in [0, 0.05) is 19.8 Å². The van der Waals surface area contributed by atoms with Gasteiger partial charge in [-0.1, -0.05) is 0 Å². The maximum atomic E-state index is 13.2. The number of nitrogens with one attached hydrogen (secondary N) is 3. The average molecular weight is 372 g/mol. The van der Waals surface area contributed by atoms with Crippen LogP contribution in [0.25, 0.3) is 0 Å². The summed E-state index contributed by atoms with van der Waals surface area (Å²) in [6.07, 6.45) is 5.53. The van der Waals surface area contributed by atoms with E-state index >= 15 is 0 Å². The smallest absolute Gasteiger partial charge is 0.260 e. The lowest BCUT2D eigenvalue weighted by Crippen LogP contribution is -2.29. The summed E-state index contributed by atoms with van der Waals surface area (Å²) in [5.41, 5.74) is -0.463. The van der Waals surface area contributed by atoms with Crippen molar-refractivity contribution >= 4 is 18.1 Å². The molecule has 138 valence electrons. The number of halogens is 2. The zero-order chi connectivity index (χ0) is 19.4. The molecule has 0 unspecified atom stereocenters. The highest BCUT2D eigenvalue weighted by Crippen LogP contribution is 2.21. The predicted octanol–water partition coefficient (Wildman–Crippen LogP) is 2.78. The van der Waals surface area contributed by atoms with Gasteiger partial charge in [0.2, 0.25) is 0 Å². The molecule has 0 fully saturated rings. The van der Waals surface area contributed by atoms with Crippen LogP contribution in [0.1, 0.15) is 11.8 Å². The Balaban J connectivity index is 0.00000280. The number of aromatic nitrogens is 3. The Kier molecular flexibility index (Phi) is 4.97. The largest absolute Gasteiger partial charge is 0.454 e. The molecule has 3 rings (SSSR count). The molecule has 0 saturated heterocycles. The van der Waals surface area contributed by atoms with Gasteiger partial charge in [-0.05, 0) is 12.1 Å². The van der Waals surface area contributed by atoms with E-state index in [9.17, 15) is 13.6 Å². The standard InChI is InChI=1S/C17H12F2N6O2.H2/c18-10-1-2-23-15(4-10)24-17(26)14-5-13(8-25(9-20)16(14)21)27-12-3-11(19)6-22-7-12;/h1-9,20-21H,(H,23,24,26);1H. The lowest BCUT2D eigenvalue weighted by atomic mass is 10.2. The molecular weight excluding hydrogens is 358 g/mol. The minimum atomic E-state index is -0.753. The molecule has 0 aromatic carbocycles.